The zero-order valence-corrected chi connectivity index (χ0v) is 11.9. The highest BCUT2D eigenvalue weighted by atomic mass is 32.2. The lowest BCUT2D eigenvalue weighted by Gasteiger charge is -2.35. The van der Waals surface area contributed by atoms with Crippen LogP contribution in [0.3, 0.4) is 0 Å². The highest BCUT2D eigenvalue weighted by Gasteiger charge is 2.37. The first-order valence-corrected chi connectivity index (χ1v) is 7.59. The molecule has 1 aromatic rings. The first kappa shape index (κ1) is 13.2. The Morgan fingerprint density at radius 3 is 2.56 bits per heavy atom. The molecule has 0 amide bonds. The van der Waals surface area contributed by atoms with Gasteiger partial charge in [-0.15, -0.1) is 0 Å². The van der Waals surface area contributed by atoms with E-state index in [-0.39, 0.29) is 0 Å². The van der Waals surface area contributed by atoms with Crippen molar-refractivity contribution in [1.29, 1.82) is 0 Å². The first-order valence-electron chi connectivity index (χ1n) is 6.15. The lowest BCUT2D eigenvalue weighted by atomic mass is 10.0. The summed E-state index contributed by atoms with van der Waals surface area (Å²) in [5.41, 5.74) is 8.32. The summed E-state index contributed by atoms with van der Waals surface area (Å²) in [4.78, 5) is 0. The second-order valence-electron chi connectivity index (χ2n) is 5.64. The van der Waals surface area contributed by atoms with Crippen LogP contribution < -0.4 is 10.0 Å². The number of nitrogens with zero attached hydrogens (tertiary/aromatic N) is 1. The van der Waals surface area contributed by atoms with Crippen LogP contribution in [0.15, 0.2) is 18.2 Å². The SMILES string of the molecule is CC(C)(C)S(=O)(=O)N1CCCc2c(N)cccc21. The first-order chi connectivity index (χ1) is 8.25. The summed E-state index contributed by atoms with van der Waals surface area (Å²) in [7, 11) is -3.35. The number of sulfonamides is 1. The molecule has 0 atom stereocenters. The van der Waals surface area contributed by atoms with E-state index < -0.39 is 14.8 Å². The molecule has 0 aliphatic carbocycles. The van der Waals surface area contributed by atoms with Gasteiger partial charge >= 0.3 is 0 Å². The second-order valence-corrected chi connectivity index (χ2v) is 8.25. The number of hydrogen-bond donors (Lipinski definition) is 1. The number of hydrogen-bond acceptors (Lipinski definition) is 3. The number of nitrogens with two attached hydrogens (primary N) is 1. The molecule has 1 aliphatic rings. The third kappa shape index (κ3) is 1.96. The van der Waals surface area contributed by atoms with Crippen LogP contribution in [0.2, 0.25) is 0 Å². The molecular weight excluding hydrogens is 248 g/mol. The molecule has 18 heavy (non-hydrogen) atoms. The van der Waals surface area contributed by atoms with Crippen molar-refractivity contribution in [3.8, 4) is 0 Å². The molecular formula is C13H20N2O2S. The largest absolute Gasteiger partial charge is 0.398 e. The molecule has 4 nitrogen and oxygen atoms in total. The summed E-state index contributed by atoms with van der Waals surface area (Å²) in [6.07, 6.45) is 1.66. The van der Waals surface area contributed by atoms with Crippen molar-refractivity contribution in [2.24, 2.45) is 0 Å². The molecule has 0 unspecified atom stereocenters. The lowest BCUT2D eigenvalue weighted by Crippen LogP contribution is -2.45. The van der Waals surface area contributed by atoms with Gasteiger partial charge in [0.05, 0.1) is 10.4 Å². The van der Waals surface area contributed by atoms with Crippen LogP contribution in [0, 0.1) is 0 Å². The zero-order valence-electron chi connectivity index (χ0n) is 11.1. The van der Waals surface area contributed by atoms with Crippen LogP contribution >= 0.6 is 0 Å². The van der Waals surface area contributed by atoms with E-state index in [2.05, 4.69) is 0 Å². The standard InChI is InChI=1S/C13H20N2O2S/c1-13(2,3)18(16,17)15-9-5-6-10-11(14)7-4-8-12(10)15/h4,7-8H,5-6,9,14H2,1-3H3. The van der Waals surface area contributed by atoms with Crippen LogP contribution in [0.4, 0.5) is 11.4 Å². The fourth-order valence-corrected chi connectivity index (χ4v) is 3.66. The molecule has 1 aliphatic heterocycles. The molecule has 5 heteroatoms. The van der Waals surface area contributed by atoms with Gasteiger partial charge in [-0.2, -0.15) is 0 Å². The van der Waals surface area contributed by atoms with Crippen LogP contribution in [0.1, 0.15) is 32.8 Å². The topological polar surface area (TPSA) is 63.4 Å². The molecule has 2 rings (SSSR count). The highest BCUT2D eigenvalue weighted by Crippen LogP contribution is 2.35. The molecule has 0 radical (unpaired) electrons. The molecule has 100 valence electrons. The third-order valence-corrected chi connectivity index (χ3v) is 5.82. The van der Waals surface area contributed by atoms with Crippen molar-refractivity contribution in [2.45, 2.75) is 38.4 Å². The molecule has 0 bridgehead atoms. The van der Waals surface area contributed by atoms with E-state index in [9.17, 15) is 8.42 Å². The quantitative estimate of drug-likeness (QED) is 0.794. The summed E-state index contributed by atoms with van der Waals surface area (Å²) in [6.45, 7) is 5.71. The Kier molecular flexibility index (Phi) is 3.05. The Morgan fingerprint density at radius 2 is 1.94 bits per heavy atom. The molecule has 0 aromatic heterocycles. The van der Waals surface area contributed by atoms with E-state index in [4.69, 9.17) is 5.73 Å². The zero-order chi connectivity index (χ0) is 13.6. The van der Waals surface area contributed by atoms with E-state index in [0.717, 1.165) is 24.1 Å². The predicted octanol–water partition coefficient (Wildman–Crippen LogP) is 2.15. The number of benzene rings is 1. The van der Waals surface area contributed by atoms with Gasteiger partial charge in [0, 0.05) is 12.2 Å². The molecule has 0 fully saturated rings. The van der Waals surface area contributed by atoms with E-state index in [1.54, 1.807) is 20.8 Å². The second kappa shape index (κ2) is 4.16. The van der Waals surface area contributed by atoms with Gasteiger partial charge in [0.15, 0.2) is 0 Å². The Bertz CT molecular complexity index is 559. The van der Waals surface area contributed by atoms with Gasteiger partial charge in [-0.05, 0) is 51.3 Å². The van der Waals surface area contributed by atoms with Crippen molar-refractivity contribution in [3.63, 3.8) is 0 Å². The summed E-state index contributed by atoms with van der Waals surface area (Å²) >= 11 is 0. The minimum Gasteiger partial charge on any atom is -0.398 e. The molecule has 1 heterocycles. The van der Waals surface area contributed by atoms with E-state index in [1.165, 1.54) is 4.31 Å². The lowest BCUT2D eigenvalue weighted by molar-refractivity contribution is 0.551. The maximum atomic E-state index is 12.6. The van der Waals surface area contributed by atoms with Crippen molar-refractivity contribution in [1.82, 2.24) is 0 Å². The Labute approximate surface area is 109 Å². The van der Waals surface area contributed by atoms with E-state index >= 15 is 0 Å². The maximum absolute atomic E-state index is 12.6. The summed E-state index contributed by atoms with van der Waals surface area (Å²) in [5, 5.41) is 0. The third-order valence-electron chi connectivity index (χ3n) is 3.31. The van der Waals surface area contributed by atoms with E-state index in [0.29, 0.717) is 12.2 Å². The molecule has 0 spiro atoms. The minimum atomic E-state index is -3.35. The van der Waals surface area contributed by atoms with Gasteiger partial charge < -0.3 is 5.73 Å². The van der Waals surface area contributed by atoms with Gasteiger partial charge in [-0.1, -0.05) is 6.07 Å². The van der Waals surface area contributed by atoms with Crippen molar-refractivity contribution in [3.05, 3.63) is 23.8 Å². The normalized spacial score (nSPS) is 16.5. The van der Waals surface area contributed by atoms with Crippen LogP contribution in [-0.2, 0) is 16.4 Å². The predicted molar refractivity (Wildman–Crippen MR) is 75.2 cm³/mol. The van der Waals surface area contributed by atoms with Gasteiger partial charge in [-0.3, -0.25) is 4.31 Å². The summed E-state index contributed by atoms with van der Waals surface area (Å²) in [6, 6.07) is 5.48. The van der Waals surface area contributed by atoms with Crippen molar-refractivity contribution in [2.75, 3.05) is 16.6 Å². The van der Waals surface area contributed by atoms with Crippen LogP contribution in [-0.4, -0.2) is 19.7 Å². The van der Waals surface area contributed by atoms with Crippen molar-refractivity contribution < 1.29 is 8.42 Å². The maximum Gasteiger partial charge on any atom is 0.240 e. The fraction of sp³-hybridized carbons (Fsp3) is 0.538. The number of fused-ring (bicyclic) bond motifs is 1. The Morgan fingerprint density at radius 1 is 1.28 bits per heavy atom. The average molecular weight is 268 g/mol. The molecule has 0 saturated heterocycles. The van der Waals surface area contributed by atoms with Gasteiger partial charge in [0.1, 0.15) is 0 Å². The van der Waals surface area contributed by atoms with E-state index in [1.807, 2.05) is 18.2 Å². The summed E-state index contributed by atoms with van der Waals surface area (Å²) in [5.74, 6) is 0. The number of anilines is 2. The van der Waals surface area contributed by atoms with Crippen LogP contribution in [0.25, 0.3) is 0 Å². The Balaban J connectivity index is 2.56. The number of rotatable bonds is 1. The summed E-state index contributed by atoms with van der Waals surface area (Å²) < 4.78 is 25.8. The van der Waals surface area contributed by atoms with Crippen LogP contribution in [0.5, 0.6) is 0 Å². The molecule has 2 N–H and O–H groups in total. The van der Waals surface area contributed by atoms with Crippen molar-refractivity contribution >= 4 is 21.4 Å². The fourth-order valence-electron chi connectivity index (χ4n) is 2.20. The number of nitrogen functional groups attached to an aromatic ring is 1. The molecule has 1 aromatic carbocycles. The van der Waals surface area contributed by atoms with Gasteiger partial charge in [0.25, 0.3) is 0 Å². The van der Waals surface area contributed by atoms with Gasteiger partial charge in [0.2, 0.25) is 10.0 Å². The Hall–Kier alpha value is -1.23. The minimum absolute atomic E-state index is 0.538. The van der Waals surface area contributed by atoms with Gasteiger partial charge in [-0.25, -0.2) is 8.42 Å². The highest BCUT2D eigenvalue weighted by molar-refractivity contribution is 7.94. The molecule has 0 saturated carbocycles. The average Bonchev–Trinajstić information content (AvgIpc) is 2.27. The smallest absolute Gasteiger partial charge is 0.240 e. The monoisotopic (exact) mass is 268 g/mol.